The van der Waals surface area contributed by atoms with Gasteiger partial charge in [0.2, 0.25) is 0 Å². The minimum atomic E-state index is -0.901. The number of hydrogen-bond donors (Lipinski definition) is 1. The molecule has 0 aliphatic carbocycles. The Hall–Kier alpha value is -1.18. The lowest BCUT2D eigenvalue weighted by Gasteiger charge is -2.37. The Kier molecular flexibility index (Phi) is 5.18. The number of non-ortho nitro benzene ring substituents is 1. The molecule has 114 valence electrons. The maximum absolute atomic E-state index is 11.0. The molecular weight excluding hydrogens is 339 g/mol. The molecule has 0 aromatic heterocycles. The average molecular weight is 351 g/mol. The van der Waals surface area contributed by atoms with Crippen LogP contribution in [0.15, 0.2) is 12.1 Å². The summed E-state index contributed by atoms with van der Waals surface area (Å²) in [6.45, 7) is 0.597. The maximum Gasteiger partial charge on any atom is 0.305 e. The second kappa shape index (κ2) is 6.72. The number of nitro groups is 1. The molecule has 1 aliphatic heterocycles. The predicted octanol–water partition coefficient (Wildman–Crippen LogP) is 3.30. The van der Waals surface area contributed by atoms with E-state index in [1.54, 1.807) is 11.8 Å². The molecule has 1 atom stereocenters. The molecule has 1 saturated heterocycles. The summed E-state index contributed by atoms with van der Waals surface area (Å²) in [6, 6.07) is 2.24. The van der Waals surface area contributed by atoms with Gasteiger partial charge in [0, 0.05) is 36.2 Å². The number of benzene rings is 1. The van der Waals surface area contributed by atoms with Gasteiger partial charge in [0.05, 0.1) is 27.1 Å². The fraction of sp³-hybridized carbons (Fsp3) is 0.417. The number of nitro benzene ring substituents is 1. The fourth-order valence-electron chi connectivity index (χ4n) is 2.25. The molecule has 0 spiro atoms. The summed E-state index contributed by atoms with van der Waals surface area (Å²) in [7, 11) is 0. The Labute approximate surface area is 135 Å². The van der Waals surface area contributed by atoms with Crippen molar-refractivity contribution in [1.82, 2.24) is 0 Å². The SMILES string of the molecule is O=C(O)CC1CSCCN1c1c(Cl)cc([N+](=O)[O-])cc1Cl. The number of nitrogens with zero attached hydrogens (tertiary/aromatic N) is 2. The molecule has 1 aromatic carbocycles. The van der Waals surface area contributed by atoms with Crippen LogP contribution < -0.4 is 4.90 Å². The number of hydrogen-bond acceptors (Lipinski definition) is 5. The van der Waals surface area contributed by atoms with Gasteiger partial charge in [-0.1, -0.05) is 23.2 Å². The summed E-state index contributed by atoms with van der Waals surface area (Å²) in [5.74, 6) is 0.567. The molecule has 1 unspecified atom stereocenters. The number of rotatable bonds is 4. The molecule has 0 saturated carbocycles. The highest BCUT2D eigenvalue weighted by molar-refractivity contribution is 7.99. The van der Waals surface area contributed by atoms with Crippen molar-refractivity contribution in [3.63, 3.8) is 0 Å². The smallest absolute Gasteiger partial charge is 0.305 e. The highest BCUT2D eigenvalue weighted by Crippen LogP contribution is 2.40. The molecule has 1 N–H and O–H groups in total. The Balaban J connectivity index is 2.38. The van der Waals surface area contributed by atoms with E-state index in [-0.39, 0.29) is 28.2 Å². The van der Waals surface area contributed by atoms with Crippen LogP contribution in [0.25, 0.3) is 0 Å². The lowest BCUT2D eigenvalue weighted by atomic mass is 10.1. The van der Waals surface area contributed by atoms with Crippen molar-refractivity contribution >= 4 is 52.3 Å². The van der Waals surface area contributed by atoms with Gasteiger partial charge in [-0.05, 0) is 0 Å². The standard InChI is InChI=1S/C12H12Cl2N2O4S/c13-9-3-7(16(19)20)4-10(14)12(9)15-1-2-21-6-8(15)5-11(17)18/h3-4,8H,1-2,5-6H2,(H,17,18). The first-order valence-corrected chi connectivity index (χ1v) is 8.01. The number of thioether (sulfide) groups is 1. The largest absolute Gasteiger partial charge is 0.481 e. The third-order valence-electron chi connectivity index (χ3n) is 3.14. The van der Waals surface area contributed by atoms with Crippen molar-refractivity contribution in [3.05, 3.63) is 32.3 Å². The van der Waals surface area contributed by atoms with Crippen LogP contribution in [0.3, 0.4) is 0 Å². The minimum Gasteiger partial charge on any atom is -0.481 e. The molecule has 21 heavy (non-hydrogen) atoms. The van der Waals surface area contributed by atoms with Crippen molar-refractivity contribution in [2.75, 3.05) is 23.0 Å². The van der Waals surface area contributed by atoms with E-state index in [9.17, 15) is 14.9 Å². The van der Waals surface area contributed by atoms with Crippen molar-refractivity contribution in [2.45, 2.75) is 12.5 Å². The molecule has 9 heteroatoms. The van der Waals surface area contributed by atoms with Gasteiger partial charge in [0.15, 0.2) is 0 Å². The first kappa shape index (κ1) is 16.2. The monoisotopic (exact) mass is 350 g/mol. The molecule has 2 rings (SSSR count). The summed E-state index contributed by atoms with van der Waals surface area (Å²) < 4.78 is 0. The van der Waals surface area contributed by atoms with Gasteiger partial charge in [-0.3, -0.25) is 14.9 Å². The fourth-order valence-corrected chi connectivity index (χ4v) is 4.01. The lowest BCUT2D eigenvalue weighted by Crippen LogP contribution is -2.44. The predicted molar refractivity (Wildman–Crippen MR) is 83.8 cm³/mol. The van der Waals surface area contributed by atoms with Crippen molar-refractivity contribution in [3.8, 4) is 0 Å². The van der Waals surface area contributed by atoms with E-state index >= 15 is 0 Å². The van der Waals surface area contributed by atoms with Gasteiger partial charge in [-0.15, -0.1) is 0 Å². The van der Waals surface area contributed by atoms with Gasteiger partial charge in [-0.25, -0.2) is 0 Å². The van der Waals surface area contributed by atoms with E-state index in [2.05, 4.69) is 0 Å². The van der Waals surface area contributed by atoms with Crippen LogP contribution in [0.5, 0.6) is 0 Å². The molecule has 1 heterocycles. The third kappa shape index (κ3) is 3.72. The lowest BCUT2D eigenvalue weighted by molar-refractivity contribution is -0.384. The maximum atomic E-state index is 11.0. The summed E-state index contributed by atoms with van der Waals surface area (Å²) in [5, 5.41) is 20.1. The van der Waals surface area contributed by atoms with Crippen LogP contribution in [-0.2, 0) is 4.79 Å². The zero-order valence-electron chi connectivity index (χ0n) is 10.8. The normalized spacial score (nSPS) is 18.6. The Morgan fingerprint density at radius 2 is 2.10 bits per heavy atom. The van der Waals surface area contributed by atoms with Crippen molar-refractivity contribution in [2.24, 2.45) is 0 Å². The summed E-state index contributed by atoms with van der Waals surface area (Å²) in [5.41, 5.74) is 0.283. The van der Waals surface area contributed by atoms with Crippen LogP contribution in [-0.4, -0.2) is 40.1 Å². The van der Waals surface area contributed by atoms with E-state index in [4.69, 9.17) is 28.3 Å². The Morgan fingerprint density at radius 3 is 2.62 bits per heavy atom. The number of carbonyl (C=O) groups is 1. The summed E-state index contributed by atoms with van der Waals surface area (Å²) >= 11 is 13.9. The van der Waals surface area contributed by atoms with Crippen LogP contribution in [0.4, 0.5) is 11.4 Å². The minimum absolute atomic E-state index is 0.0311. The van der Waals surface area contributed by atoms with Gasteiger partial charge in [-0.2, -0.15) is 11.8 Å². The molecule has 0 radical (unpaired) electrons. The molecule has 1 aromatic rings. The molecule has 0 amide bonds. The van der Waals surface area contributed by atoms with Crippen LogP contribution in [0, 0.1) is 10.1 Å². The Morgan fingerprint density at radius 1 is 1.48 bits per heavy atom. The van der Waals surface area contributed by atoms with Crippen molar-refractivity contribution in [1.29, 1.82) is 0 Å². The first-order chi connectivity index (χ1) is 9.90. The highest BCUT2D eigenvalue weighted by Gasteiger charge is 2.29. The molecule has 1 fully saturated rings. The molecular formula is C12H12Cl2N2O4S. The summed E-state index contributed by atoms with van der Waals surface area (Å²) in [4.78, 5) is 23.0. The van der Waals surface area contributed by atoms with E-state index in [0.29, 0.717) is 18.0 Å². The quantitative estimate of drug-likeness (QED) is 0.662. The average Bonchev–Trinajstić information content (AvgIpc) is 2.39. The van der Waals surface area contributed by atoms with Crippen LogP contribution >= 0.6 is 35.0 Å². The first-order valence-electron chi connectivity index (χ1n) is 6.09. The second-order valence-electron chi connectivity index (χ2n) is 4.54. The number of aliphatic carboxylic acids is 1. The number of anilines is 1. The second-order valence-corrected chi connectivity index (χ2v) is 6.50. The highest BCUT2D eigenvalue weighted by atomic mass is 35.5. The van der Waals surface area contributed by atoms with Crippen molar-refractivity contribution < 1.29 is 14.8 Å². The zero-order valence-corrected chi connectivity index (χ0v) is 13.1. The van der Waals surface area contributed by atoms with Crippen LogP contribution in [0.2, 0.25) is 10.0 Å². The summed E-state index contributed by atoms with van der Waals surface area (Å²) in [6.07, 6.45) is -0.0311. The molecule has 6 nitrogen and oxygen atoms in total. The van der Waals surface area contributed by atoms with E-state index < -0.39 is 10.9 Å². The van der Waals surface area contributed by atoms with Gasteiger partial charge >= 0.3 is 5.97 Å². The number of carboxylic acids is 1. The number of carboxylic acid groups (broad SMARTS) is 1. The molecule has 1 aliphatic rings. The van der Waals surface area contributed by atoms with Crippen LogP contribution in [0.1, 0.15) is 6.42 Å². The van der Waals surface area contributed by atoms with Gasteiger partial charge < -0.3 is 10.0 Å². The van der Waals surface area contributed by atoms with Gasteiger partial charge in [0.1, 0.15) is 0 Å². The Bertz CT molecular complexity index is 561. The van der Waals surface area contributed by atoms with E-state index in [1.165, 1.54) is 12.1 Å². The third-order valence-corrected chi connectivity index (χ3v) is 4.81. The zero-order chi connectivity index (χ0) is 15.6. The van der Waals surface area contributed by atoms with Gasteiger partial charge in [0.25, 0.3) is 5.69 Å². The topological polar surface area (TPSA) is 83.7 Å². The molecule has 0 bridgehead atoms. The number of halogens is 2. The van der Waals surface area contributed by atoms with E-state index in [1.807, 2.05) is 4.90 Å². The van der Waals surface area contributed by atoms with E-state index in [0.717, 1.165) is 5.75 Å².